The first kappa shape index (κ1) is 20.6. The second kappa shape index (κ2) is 9.87. The molecule has 0 atom stereocenters. The molecule has 0 unspecified atom stereocenters. The lowest BCUT2D eigenvalue weighted by Gasteiger charge is -2.13. The summed E-state index contributed by atoms with van der Waals surface area (Å²) in [5, 5.41) is 5.64. The van der Waals surface area contributed by atoms with E-state index in [1.807, 2.05) is 26.0 Å². The van der Waals surface area contributed by atoms with Crippen LogP contribution in [0.4, 0.5) is 5.69 Å². The Morgan fingerprint density at radius 1 is 1.04 bits per heavy atom. The molecule has 2 aromatic rings. The summed E-state index contributed by atoms with van der Waals surface area (Å²) in [5.74, 6) is 1.04. The molecule has 0 bridgehead atoms. The molecule has 0 spiro atoms. The average molecular weight is 388 g/mol. The molecule has 27 heavy (non-hydrogen) atoms. The highest BCUT2D eigenvalue weighted by Crippen LogP contribution is 2.31. The normalized spacial score (nSPS) is 10.4. The van der Waals surface area contributed by atoms with E-state index in [1.54, 1.807) is 44.6 Å². The first-order valence-electron chi connectivity index (χ1n) is 8.49. The lowest BCUT2D eigenvalue weighted by atomic mass is 10.1. The van der Waals surface area contributed by atoms with Crippen LogP contribution in [0.2, 0.25) is 0 Å². The fraction of sp³-hybridized carbons (Fsp3) is 0.300. The van der Waals surface area contributed by atoms with Crippen LogP contribution < -0.4 is 20.1 Å². The van der Waals surface area contributed by atoms with Crippen molar-refractivity contribution in [3.05, 3.63) is 48.0 Å². The molecule has 0 radical (unpaired) electrons. The molecule has 0 saturated heterocycles. The maximum absolute atomic E-state index is 12.3. The number of hydrogen-bond acceptors (Lipinski definition) is 5. The second-order valence-corrected chi connectivity index (χ2v) is 7.08. The van der Waals surface area contributed by atoms with E-state index >= 15 is 0 Å². The topological polar surface area (TPSA) is 76.7 Å². The fourth-order valence-corrected chi connectivity index (χ4v) is 3.10. The van der Waals surface area contributed by atoms with Gasteiger partial charge in [-0.3, -0.25) is 9.59 Å². The zero-order valence-electron chi connectivity index (χ0n) is 15.9. The van der Waals surface area contributed by atoms with Gasteiger partial charge in [0.1, 0.15) is 0 Å². The molecule has 2 N–H and O–H groups in total. The Bertz CT molecular complexity index is 808. The lowest BCUT2D eigenvalue weighted by molar-refractivity contribution is -0.113. The Morgan fingerprint density at radius 2 is 1.74 bits per heavy atom. The van der Waals surface area contributed by atoms with Crippen molar-refractivity contribution in [2.24, 2.45) is 0 Å². The molecule has 2 rings (SSSR count). The van der Waals surface area contributed by atoms with E-state index in [0.29, 0.717) is 22.7 Å². The number of thioether (sulfide) groups is 1. The van der Waals surface area contributed by atoms with Gasteiger partial charge in [0.25, 0.3) is 5.91 Å². The third-order valence-corrected chi connectivity index (χ3v) is 4.58. The first-order chi connectivity index (χ1) is 12.9. The van der Waals surface area contributed by atoms with Crippen molar-refractivity contribution in [3.63, 3.8) is 0 Å². The Kier molecular flexibility index (Phi) is 7.55. The molecule has 0 aliphatic carbocycles. The Hall–Kier alpha value is -2.67. The van der Waals surface area contributed by atoms with Gasteiger partial charge in [0, 0.05) is 10.9 Å². The van der Waals surface area contributed by atoms with Crippen LogP contribution in [0.5, 0.6) is 11.5 Å². The van der Waals surface area contributed by atoms with Crippen molar-refractivity contribution in [2.75, 3.05) is 25.3 Å². The largest absolute Gasteiger partial charge is 0.493 e. The average Bonchev–Trinajstić information content (AvgIpc) is 2.65. The Labute approximate surface area is 163 Å². The van der Waals surface area contributed by atoms with Crippen LogP contribution >= 0.6 is 11.8 Å². The lowest BCUT2D eigenvalue weighted by Crippen LogP contribution is -2.31. The van der Waals surface area contributed by atoms with Gasteiger partial charge >= 0.3 is 0 Å². The number of ether oxygens (including phenoxy) is 2. The van der Waals surface area contributed by atoms with Crippen molar-refractivity contribution >= 4 is 29.3 Å². The van der Waals surface area contributed by atoms with Gasteiger partial charge in [0.15, 0.2) is 11.5 Å². The minimum atomic E-state index is -0.214. The minimum absolute atomic E-state index is 0.0156. The van der Waals surface area contributed by atoms with Crippen LogP contribution in [0.3, 0.4) is 0 Å². The van der Waals surface area contributed by atoms with Crippen LogP contribution in [0.15, 0.2) is 47.4 Å². The third-order valence-electron chi connectivity index (χ3n) is 3.59. The highest BCUT2D eigenvalue weighted by Gasteiger charge is 2.14. The van der Waals surface area contributed by atoms with Gasteiger partial charge in [-0.2, -0.15) is 0 Å². The summed E-state index contributed by atoms with van der Waals surface area (Å²) >= 11 is 1.37. The molecule has 0 aliphatic heterocycles. The van der Waals surface area contributed by atoms with Gasteiger partial charge in [0.2, 0.25) is 5.91 Å². The monoisotopic (exact) mass is 388 g/mol. The van der Waals surface area contributed by atoms with Crippen LogP contribution in [0.1, 0.15) is 24.2 Å². The summed E-state index contributed by atoms with van der Waals surface area (Å²) in [5.41, 5.74) is 0.934. The van der Waals surface area contributed by atoms with Crippen LogP contribution in [-0.4, -0.2) is 37.8 Å². The van der Waals surface area contributed by atoms with Gasteiger partial charge in [-0.15, -0.1) is 11.8 Å². The van der Waals surface area contributed by atoms with E-state index in [1.165, 1.54) is 11.8 Å². The van der Waals surface area contributed by atoms with E-state index in [9.17, 15) is 9.59 Å². The van der Waals surface area contributed by atoms with E-state index in [-0.39, 0.29) is 23.6 Å². The van der Waals surface area contributed by atoms with E-state index in [4.69, 9.17) is 9.47 Å². The number of nitrogens with one attached hydrogen (secondary N) is 2. The molecular weight excluding hydrogens is 364 g/mol. The number of hydrogen-bond donors (Lipinski definition) is 2. The minimum Gasteiger partial charge on any atom is -0.493 e. The number of anilines is 1. The molecule has 2 aromatic carbocycles. The van der Waals surface area contributed by atoms with Crippen molar-refractivity contribution < 1.29 is 19.1 Å². The maximum atomic E-state index is 12.3. The van der Waals surface area contributed by atoms with E-state index < -0.39 is 0 Å². The standard InChI is InChI=1S/C20H24N2O4S/c1-13(2)21-20(24)15-7-5-6-8-16(15)22-19(23)12-27-14-9-10-17(25-3)18(11-14)26-4/h5-11,13H,12H2,1-4H3,(H,21,24)(H,22,23). The number of para-hydroxylation sites is 1. The predicted molar refractivity (Wildman–Crippen MR) is 108 cm³/mol. The van der Waals surface area contributed by atoms with Crippen molar-refractivity contribution in [1.82, 2.24) is 5.32 Å². The predicted octanol–water partition coefficient (Wildman–Crippen LogP) is 3.57. The Morgan fingerprint density at radius 3 is 2.41 bits per heavy atom. The highest BCUT2D eigenvalue weighted by atomic mass is 32.2. The third kappa shape index (κ3) is 5.92. The number of carbonyl (C=O) groups is 2. The van der Waals surface area contributed by atoms with Gasteiger partial charge in [0.05, 0.1) is 31.2 Å². The zero-order chi connectivity index (χ0) is 19.8. The zero-order valence-corrected chi connectivity index (χ0v) is 16.7. The van der Waals surface area contributed by atoms with Gasteiger partial charge in [-0.25, -0.2) is 0 Å². The number of carbonyl (C=O) groups excluding carboxylic acids is 2. The molecule has 0 aliphatic rings. The van der Waals surface area contributed by atoms with Crippen molar-refractivity contribution in [1.29, 1.82) is 0 Å². The summed E-state index contributed by atoms with van der Waals surface area (Å²) < 4.78 is 10.5. The fourth-order valence-electron chi connectivity index (χ4n) is 2.37. The quantitative estimate of drug-likeness (QED) is 0.676. The molecule has 0 aromatic heterocycles. The van der Waals surface area contributed by atoms with Crippen LogP contribution in [-0.2, 0) is 4.79 Å². The summed E-state index contributed by atoms with van der Waals surface area (Å²) in [6.45, 7) is 3.78. The van der Waals surface area contributed by atoms with E-state index in [2.05, 4.69) is 10.6 Å². The maximum Gasteiger partial charge on any atom is 0.253 e. The number of amides is 2. The molecular formula is C20H24N2O4S. The highest BCUT2D eigenvalue weighted by molar-refractivity contribution is 8.00. The van der Waals surface area contributed by atoms with E-state index in [0.717, 1.165) is 4.90 Å². The molecule has 2 amide bonds. The molecule has 0 fully saturated rings. The molecule has 0 heterocycles. The molecule has 144 valence electrons. The number of rotatable bonds is 8. The van der Waals surface area contributed by atoms with Gasteiger partial charge in [-0.1, -0.05) is 12.1 Å². The summed E-state index contributed by atoms with van der Waals surface area (Å²) in [7, 11) is 3.14. The smallest absolute Gasteiger partial charge is 0.253 e. The SMILES string of the molecule is COc1ccc(SCC(=O)Nc2ccccc2C(=O)NC(C)C)cc1OC. The Balaban J connectivity index is 2.01. The first-order valence-corrected chi connectivity index (χ1v) is 9.47. The van der Waals surface area contributed by atoms with Crippen LogP contribution in [0.25, 0.3) is 0 Å². The van der Waals surface area contributed by atoms with Crippen molar-refractivity contribution in [3.8, 4) is 11.5 Å². The van der Waals surface area contributed by atoms with Crippen LogP contribution in [0, 0.1) is 0 Å². The number of benzene rings is 2. The molecule has 6 nitrogen and oxygen atoms in total. The van der Waals surface area contributed by atoms with Gasteiger partial charge in [-0.05, 0) is 44.2 Å². The summed E-state index contributed by atoms with van der Waals surface area (Å²) in [6, 6.07) is 12.5. The number of methoxy groups -OCH3 is 2. The molecule has 7 heteroatoms. The second-order valence-electron chi connectivity index (χ2n) is 6.03. The van der Waals surface area contributed by atoms with Gasteiger partial charge < -0.3 is 20.1 Å². The summed E-state index contributed by atoms with van der Waals surface area (Å²) in [4.78, 5) is 25.5. The molecule has 0 saturated carbocycles. The summed E-state index contributed by atoms with van der Waals surface area (Å²) in [6.07, 6.45) is 0. The van der Waals surface area contributed by atoms with Crippen molar-refractivity contribution in [2.45, 2.75) is 24.8 Å².